The number of rotatable bonds is 8. The van der Waals surface area contributed by atoms with Crippen molar-refractivity contribution in [2.75, 3.05) is 6.61 Å². The number of nitrogens with one attached hydrogen (secondary N) is 1. The number of amides is 2. The van der Waals surface area contributed by atoms with Gasteiger partial charge < -0.3 is 15.0 Å². The van der Waals surface area contributed by atoms with Gasteiger partial charge in [0.05, 0.1) is 4.47 Å². The predicted molar refractivity (Wildman–Crippen MR) is 143 cm³/mol. The largest absolute Gasteiger partial charge is 0.483 e. The minimum Gasteiger partial charge on any atom is -0.483 e. The molecule has 2 amide bonds. The molecule has 0 spiro atoms. The Hall–Kier alpha value is -2.86. The van der Waals surface area contributed by atoms with Crippen LogP contribution in [-0.4, -0.2) is 35.4 Å². The Morgan fingerprint density at radius 1 is 1.06 bits per heavy atom. The number of halogens is 1. The van der Waals surface area contributed by atoms with Crippen molar-refractivity contribution in [3.05, 3.63) is 76.3 Å². The first-order valence-electron chi connectivity index (χ1n) is 12.4. The second-order valence-electron chi connectivity index (χ2n) is 9.42. The van der Waals surface area contributed by atoms with Crippen LogP contribution in [0.3, 0.4) is 0 Å². The van der Waals surface area contributed by atoms with Gasteiger partial charge in [0.2, 0.25) is 5.91 Å². The maximum Gasteiger partial charge on any atom is 0.261 e. The molecule has 184 valence electrons. The smallest absolute Gasteiger partial charge is 0.261 e. The number of ether oxygens (including phenoxy) is 1. The average molecular weight is 537 g/mol. The summed E-state index contributed by atoms with van der Waals surface area (Å²) in [4.78, 5) is 28.2. The van der Waals surface area contributed by atoms with Crippen LogP contribution in [0.5, 0.6) is 5.75 Å². The van der Waals surface area contributed by atoms with Crippen LogP contribution in [0.15, 0.2) is 65.1 Å². The predicted octanol–water partition coefficient (Wildman–Crippen LogP) is 6.16. The van der Waals surface area contributed by atoms with Crippen LogP contribution < -0.4 is 10.1 Å². The van der Waals surface area contributed by atoms with Crippen LogP contribution in [0.25, 0.3) is 10.8 Å². The van der Waals surface area contributed by atoms with Gasteiger partial charge in [-0.2, -0.15) is 0 Å². The molecule has 0 radical (unpaired) electrons. The highest BCUT2D eigenvalue weighted by Gasteiger charge is 2.28. The molecule has 1 saturated carbocycles. The van der Waals surface area contributed by atoms with E-state index in [2.05, 4.69) is 21.2 Å². The lowest BCUT2D eigenvalue weighted by Crippen LogP contribution is -2.51. The van der Waals surface area contributed by atoms with Crippen molar-refractivity contribution in [2.24, 2.45) is 0 Å². The molecule has 1 aliphatic rings. The first-order chi connectivity index (χ1) is 16.9. The number of fused-ring (bicyclic) bond motifs is 1. The first kappa shape index (κ1) is 25.2. The zero-order chi connectivity index (χ0) is 24.8. The molecule has 0 bridgehead atoms. The van der Waals surface area contributed by atoms with E-state index in [1.807, 2.05) is 67.6 Å². The highest BCUT2D eigenvalue weighted by Crippen LogP contribution is 2.33. The van der Waals surface area contributed by atoms with E-state index < -0.39 is 6.04 Å². The van der Waals surface area contributed by atoms with Crippen LogP contribution in [0, 0.1) is 6.92 Å². The molecular formula is C29H33BrN2O3. The molecule has 1 aliphatic carbocycles. The van der Waals surface area contributed by atoms with E-state index in [-0.39, 0.29) is 24.5 Å². The van der Waals surface area contributed by atoms with Gasteiger partial charge in [-0.05, 0) is 65.0 Å². The lowest BCUT2D eigenvalue weighted by atomic mass is 9.95. The number of benzene rings is 3. The van der Waals surface area contributed by atoms with Crippen molar-refractivity contribution in [1.82, 2.24) is 10.2 Å². The molecule has 1 N–H and O–H groups in total. The van der Waals surface area contributed by atoms with Crippen molar-refractivity contribution >= 4 is 38.5 Å². The van der Waals surface area contributed by atoms with Crippen molar-refractivity contribution in [3.8, 4) is 5.75 Å². The Balaban J connectivity index is 1.49. The molecule has 0 aromatic heterocycles. The highest BCUT2D eigenvalue weighted by molar-refractivity contribution is 9.10. The van der Waals surface area contributed by atoms with Gasteiger partial charge in [0, 0.05) is 12.6 Å². The number of nitrogens with zero attached hydrogens (tertiary/aromatic N) is 1. The molecule has 3 aromatic rings. The van der Waals surface area contributed by atoms with Gasteiger partial charge >= 0.3 is 0 Å². The molecule has 3 aromatic carbocycles. The second-order valence-corrected chi connectivity index (χ2v) is 10.2. The number of carbonyl (C=O) groups excluding carboxylic acids is 2. The number of carbonyl (C=O) groups is 2. The summed E-state index contributed by atoms with van der Waals surface area (Å²) in [5, 5.41) is 5.29. The Labute approximate surface area is 216 Å². The quantitative estimate of drug-likeness (QED) is 0.375. The molecule has 0 heterocycles. The molecule has 1 atom stereocenters. The summed E-state index contributed by atoms with van der Waals surface area (Å²) in [5.74, 6) is 0.273. The minimum absolute atomic E-state index is 0.107. The van der Waals surface area contributed by atoms with Crippen molar-refractivity contribution in [2.45, 2.75) is 64.6 Å². The molecule has 1 fully saturated rings. The van der Waals surface area contributed by atoms with Gasteiger partial charge in [0.15, 0.2) is 6.61 Å². The lowest BCUT2D eigenvalue weighted by Gasteiger charge is -2.31. The van der Waals surface area contributed by atoms with Gasteiger partial charge in [-0.3, -0.25) is 9.59 Å². The van der Waals surface area contributed by atoms with Crippen molar-refractivity contribution < 1.29 is 14.3 Å². The van der Waals surface area contributed by atoms with E-state index in [0.717, 1.165) is 52.1 Å². The summed E-state index contributed by atoms with van der Waals surface area (Å²) >= 11 is 3.62. The van der Waals surface area contributed by atoms with Crippen LogP contribution >= 0.6 is 15.9 Å². The van der Waals surface area contributed by atoms with E-state index in [0.29, 0.717) is 12.3 Å². The molecule has 35 heavy (non-hydrogen) atoms. The first-order valence-corrected chi connectivity index (χ1v) is 13.2. The third-order valence-corrected chi connectivity index (χ3v) is 7.55. The van der Waals surface area contributed by atoms with Crippen LogP contribution in [0.2, 0.25) is 0 Å². The zero-order valence-corrected chi connectivity index (χ0v) is 22.0. The topological polar surface area (TPSA) is 58.6 Å². The number of aryl methyl sites for hydroxylation is 1. The molecule has 0 aliphatic heterocycles. The molecule has 6 heteroatoms. The standard InChI is InChI=1S/C29H33BrN2O3/c1-20-9-8-10-22(17-20)18-32(21(2)29(34)31-24-12-4-3-5-13-24)27(33)19-35-26-16-15-23-11-6-7-14-25(23)28(26)30/h6-11,14-17,21,24H,3-5,12-13,18-19H2,1-2H3,(H,31,34)/t21-/m0/s1. The SMILES string of the molecule is Cc1cccc(CN(C(=O)COc2ccc3ccccc3c2Br)[C@@H](C)C(=O)NC2CCCCC2)c1. The molecule has 4 rings (SSSR count). The number of hydrogen-bond donors (Lipinski definition) is 1. The van der Waals surface area contributed by atoms with Gasteiger partial charge in [-0.15, -0.1) is 0 Å². The molecule has 0 unspecified atom stereocenters. The third kappa shape index (κ3) is 6.43. The van der Waals surface area contributed by atoms with E-state index in [1.165, 1.54) is 6.42 Å². The fourth-order valence-electron chi connectivity index (χ4n) is 4.71. The Bertz CT molecular complexity index is 1190. The maximum atomic E-state index is 13.4. The highest BCUT2D eigenvalue weighted by atomic mass is 79.9. The van der Waals surface area contributed by atoms with Gasteiger partial charge in [-0.25, -0.2) is 0 Å². The summed E-state index contributed by atoms with van der Waals surface area (Å²) in [6.07, 6.45) is 5.51. The fraction of sp³-hybridized carbons (Fsp3) is 0.379. The molecular weight excluding hydrogens is 504 g/mol. The van der Waals surface area contributed by atoms with E-state index in [4.69, 9.17) is 4.74 Å². The van der Waals surface area contributed by atoms with Crippen LogP contribution in [0.4, 0.5) is 0 Å². The summed E-state index contributed by atoms with van der Waals surface area (Å²) in [5.41, 5.74) is 2.10. The van der Waals surface area contributed by atoms with E-state index in [1.54, 1.807) is 11.8 Å². The second kappa shape index (κ2) is 11.7. The summed E-state index contributed by atoms with van der Waals surface area (Å²) in [7, 11) is 0. The van der Waals surface area contributed by atoms with Crippen molar-refractivity contribution in [1.29, 1.82) is 0 Å². The minimum atomic E-state index is -0.603. The van der Waals surface area contributed by atoms with Crippen LogP contribution in [-0.2, 0) is 16.1 Å². The summed E-state index contributed by atoms with van der Waals surface area (Å²) < 4.78 is 6.78. The fourth-order valence-corrected chi connectivity index (χ4v) is 5.31. The Morgan fingerprint density at radius 3 is 2.60 bits per heavy atom. The average Bonchev–Trinajstić information content (AvgIpc) is 2.87. The van der Waals surface area contributed by atoms with E-state index in [9.17, 15) is 9.59 Å². The van der Waals surface area contributed by atoms with E-state index >= 15 is 0 Å². The van der Waals surface area contributed by atoms with Crippen molar-refractivity contribution in [3.63, 3.8) is 0 Å². The third-order valence-electron chi connectivity index (χ3n) is 6.73. The van der Waals surface area contributed by atoms with Gasteiger partial charge in [0.25, 0.3) is 5.91 Å². The monoisotopic (exact) mass is 536 g/mol. The molecule has 5 nitrogen and oxygen atoms in total. The summed E-state index contributed by atoms with van der Waals surface area (Å²) in [6, 6.07) is 19.5. The van der Waals surface area contributed by atoms with Crippen LogP contribution in [0.1, 0.15) is 50.2 Å². The number of hydrogen-bond acceptors (Lipinski definition) is 3. The normalized spacial score (nSPS) is 14.9. The molecule has 0 saturated heterocycles. The Kier molecular flexibility index (Phi) is 8.45. The lowest BCUT2D eigenvalue weighted by molar-refractivity contribution is -0.142. The van der Waals surface area contributed by atoms with Gasteiger partial charge in [-0.1, -0.05) is 79.4 Å². The Morgan fingerprint density at radius 2 is 1.83 bits per heavy atom. The summed E-state index contributed by atoms with van der Waals surface area (Å²) in [6.45, 7) is 4.03. The van der Waals surface area contributed by atoms with Gasteiger partial charge in [0.1, 0.15) is 11.8 Å². The maximum absolute atomic E-state index is 13.4. The zero-order valence-electron chi connectivity index (χ0n) is 20.4.